The topological polar surface area (TPSA) is 48.7 Å². The van der Waals surface area contributed by atoms with Crippen LogP contribution in [0.2, 0.25) is 0 Å². The summed E-state index contributed by atoms with van der Waals surface area (Å²) in [5, 5.41) is 12.3. The molecule has 3 heteroatoms. The van der Waals surface area contributed by atoms with Gasteiger partial charge in [0, 0.05) is 18.4 Å². The smallest absolute Gasteiger partial charge is 0.0683 e. The van der Waals surface area contributed by atoms with Crippen LogP contribution in [0.25, 0.3) is 0 Å². The van der Waals surface area contributed by atoms with Crippen LogP contribution in [0.15, 0.2) is 24.5 Å². The molecular formula is C14H21N3. The summed E-state index contributed by atoms with van der Waals surface area (Å²) < 4.78 is 0. The molecule has 92 valence electrons. The zero-order chi connectivity index (χ0) is 12.7. The average Bonchev–Trinajstić information content (AvgIpc) is 2.35. The molecule has 1 atom stereocenters. The highest BCUT2D eigenvalue weighted by atomic mass is 14.9. The first-order valence-electron chi connectivity index (χ1n) is 6.10. The molecule has 1 N–H and O–H groups in total. The minimum absolute atomic E-state index is 0.209. The first-order chi connectivity index (χ1) is 8.05. The molecule has 0 aromatic carbocycles. The van der Waals surface area contributed by atoms with E-state index >= 15 is 0 Å². The molecule has 0 aliphatic heterocycles. The maximum Gasteiger partial charge on any atom is 0.0683 e. The molecule has 0 saturated carbocycles. The van der Waals surface area contributed by atoms with Crippen molar-refractivity contribution in [1.29, 1.82) is 5.26 Å². The van der Waals surface area contributed by atoms with Crippen LogP contribution in [-0.2, 0) is 0 Å². The molecule has 1 rings (SSSR count). The molecule has 0 amide bonds. The largest absolute Gasteiger partial charge is 0.310 e. The first kappa shape index (κ1) is 13.7. The van der Waals surface area contributed by atoms with E-state index in [1.807, 2.05) is 26.1 Å². The van der Waals surface area contributed by atoms with Gasteiger partial charge in [0.1, 0.15) is 0 Å². The van der Waals surface area contributed by atoms with Gasteiger partial charge in [-0.2, -0.15) is 5.26 Å². The Bertz CT molecular complexity index is 365. The van der Waals surface area contributed by atoms with Crippen LogP contribution in [0.4, 0.5) is 0 Å². The second-order valence-corrected chi connectivity index (χ2v) is 5.06. The van der Waals surface area contributed by atoms with Gasteiger partial charge >= 0.3 is 0 Å². The van der Waals surface area contributed by atoms with Crippen molar-refractivity contribution in [3.63, 3.8) is 0 Å². The summed E-state index contributed by atoms with van der Waals surface area (Å²) in [5.74, 6) is 0. The summed E-state index contributed by atoms with van der Waals surface area (Å²) in [7, 11) is 0. The van der Waals surface area contributed by atoms with Gasteiger partial charge in [-0.3, -0.25) is 4.98 Å². The zero-order valence-corrected chi connectivity index (χ0v) is 10.9. The van der Waals surface area contributed by atoms with Gasteiger partial charge in [0.25, 0.3) is 0 Å². The molecule has 0 bridgehead atoms. The second kappa shape index (κ2) is 6.36. The monoisotopic (exact) mass is 231 g/mol. The summed E-state index contributed by atoms with van der Waals surface area (Å²) >= 11 is 0. The first-order valence-corrected chi connectivity index (χ1v) is 6.10. The lowest BCUT2D eigenvalue weighted by atomic mass is 9.90. The van der Waals surface area contributed by atoms with E-state index in [-0.39, 0.29) is 5.41 Å². The van der Waals surface area contributed by atoms with Gasteiger partial charge in [-0.25, -0.2) is 0 Å². The number of hydrogen-bond acceptors (Lipinski definition) is 3. The summed E-state index contributed by atoms with van der Waals surface area (Å²) in [6.45, 7) is 7.03. The average molecular weight is 231 g/mol. The molecule has 3 nitrogen and oxygen atoms in total. The van der Waals surface area contributed by atoms with Gasteiger partial charge in [-0.1, -0.05) is 6.07 Å². The Morgan fingerprint density at radius 1 is 1.53 bits per heavy atom. The third kappa shape index (κ3) is 4.97. The summed E-state index contributed by atoms with van der Waals surface area (Å²) in [6.07, 6.45) is 5.62. The van der Waals surface area contributed by atoms with Gasteiger partial charge in [0.2, 0.25) is 0 Å². The fraction of sp³-hybridized carbons (Fsp3) is 0.571. The van der Waals surface area contributed by atoms with Gasteiger partial charge in [0.05, 0.1) is 11.5 Å². The second-order valence-electron chi connectivity index (χ2n) is 5.06. The Kier molecular flexibility index (Phi) is 5.11. The minimum atomic E-state index is -0.209. The van der Waals surface area contributed by atoms with Crippen molar-refractivity contribution in [3.8, 4) is 6.07 Å². The number of aromatic nitrogens is 1. The highest BCUT2D eigenvalue weighted by molar-refractivity contribution is 5.12. The van der Waals surface area contributed by atoms with E-state index in [1.165, 1.54) is 5.56 Å². The Labute approximate surface area is 104 Å². The fourth-order valence-electron chi connectivity index (χ4n) is 1.65. The van der Waals surface area contributed by atoms with E-state index in [2.05, 4.69) is 29.4 Å². The van der Waals surface area contributed by atoms with Crippen molar-refractivity contribution in [2.24, 2.45) is 5.41 Å². The number of nitrogens with one attached hydrogen (secondary N) is 1. The van der Waals surface area contributed by atoms with E-state index in [0.29, 0.717) is 6.04 Å². The fourth-order valence-corrected chi connectivity index (χ4v) is 1.65. The molecule has 0 unspecified atom stereocenters. The van der Waals surface area contributed by atoms with Gasteiger partial charge < -0.3 is 5.32 Å². The van der Waals surface area contributed by atoms with Gasteiger partial charge in [0.15, 0.2) is 0 Å². The quantitative estimate of drug-likeness (QED) is 0.765. The van der Waals surface area contributed by atoms with E-state index in [1.54, 1.807) is 6.20 Å². The lowest BCUT2D eigenvalue weighted by molar-refractivity contribution is 0.417. The van der Waals surface area contributed by atoms with Crippen LogP contribution >= 0.6 is 0 Å². The normalized spacial score (nSPS) is 13.1. The Balaban J connectivity index is 2.26. The van der Waals surface area contributed by atoms with Crippen molar-refractivity contribution in [3.05, 3.63) is 30.1 Å². The van der Waals surface area contributed by atoms with E-state index in [0.717, 1.165) is 19.4 Å². The van der Waals surface area contributed by atoms with Crippen LogP contribution in [0.3, 0.4) is 0 Å². The minimum Gasteiger partial charge on any atom is -0.310 e. The maximum absolute atomic E-state index is 8.90. The van der Waals surface area contributed by atoms with Crippen molar-refractivity contribution in [1.82, 2.24) is 10.3 Å². The molecule has 0 spiro atoms. The molecule has 0 fully saturated rings. The predicted octanol–water partition coefficient (Wildman–Crippen LogP) is 3.06. The van der Waals surface area contributed by atoms with Crippen LogP contribution < -0.4 is 5.32 Å². The standard InChI is InChI=1S/C14H21N3/c1-12(13-6-4-8-16-10-13)17-9-5-7-14(2,3)11-15/h4,6,8,10,12,17H,5,7,9H2,1-3H3/t12-/m0/s1. The molecule has 17 heavy (non-hydrogen) atoms. The lowest BCUT2D eigenvalue weighted by Gasteiger charge is -2.17. The van der Waals surface area contributed by atoms with Crippen molar-refractivity contribution in [2.75, 3.05) is 6.54 Å². The third-order valence-electron chi connectivity index (χ3n) is 2.92. The van der Waals surface area contributed by atoms with Crippen LogP contribution in [0, 0.1) is 16.7 Å². The maximum atomic E-state index is 8.90. The van der Waals surface area contributed by atoms with E-state index < -0.39 is 0 Å². The van der Waals surface area contributed by atoms with Crippen LogP contribution in [0.5, 0.6) is 0 Å². The molecule has 1 heterocycles. The molecular weight excluding hydrogens is 210 g/mol. The van der Waals surface area contributed by atoms with Crippen LogP contribution in [0.1, 0.15) is 45.2 Å². The number of hydrogen-bond donors (Lipinski definition) is 1. The number of nitrogens with zero attached hydrogens (tertiary/aromatic N) is 2. The van der Waals surface area contributed by atoms with Crippen LogP contribution in [-0.4, -0.2) is 11.5 Å². The number of rotatable bonds is 6. The van der Waals surface area contributed by atoms with Crippen molar-refractivity contribution >= 4 is 0 Å². The Morgan fingerprint density at radius 3 is 2.88 bits per heavy atom. The predicted molar refractivity (Wildman–Crippen MR) is 69.3 cm³/mol. The highest BCUT2D eigenvalue weighted by Crippen LogP contribution is 2.20. The van der Waals surface area contributed by atoms with Crippen molar-refractivity contribution in [2.45, 2.75) is 39.7 Å². The molecule has 0 aliphatic carbocycles. The zero-order valence-electron chi connectivity index (χ0n) is 10.9. The Hall–Kier alpha value is -1.40. The molecule has 1 aromatic heterocycles. The number of nitriles is 1. The highest BCUT2D eigenvalue weighted by Gasteiger charge is 2.15. The molecule has 1 aromatic rings. The molecule has 0 aliphatic rings. The van der Waals surface area contributed by atoms with Crippen molar-refractivity contribution < 1.29 is 0 Å². The molecule has 0 radical (unpaired) electrons. The van der Waals surface area contributed by atoms with E-state index in [9.17, 15) is 0 Å². The summed E-state index contributed by atoms with van der Waals surface area (Å²) in [4.78, 5) is 4.10. The van der Waals surface area contributed by atoms with Gasteiger partial charge in [-0.05, 0) is 51.8 Å². The lowest BCUT2D eigenvalue weighted by Crippen LogP contribution is -2.21. The van der Waals surface area contributed by atoms with E-state index in [4.69, 9.17) is 5.26 Å². The Morgan fingerprint density at radius 2 is 2.29 bits per heavy atom. The summed E-state index contributed by atoms with van der Waals surface area (Å²) in [6, 6.07) is 6.66. The number of pyridine rings is 1. The third-order valence-corrected chi connectivity index (χ3v) is 2.92. The molecule has 0 saturated heterocycles. The summed E-state index contributed by atoms with van der Waals surface area (Å²) in [5.41, 5.74) is 0.992. The SMILES string of the molecule is C[C@H](NCCCC(C)(C)C#N)c1cccnc1. The van der Waals surface area contributed by atoms with Gasteiger partial charge in [-0.15, -0.1) is 0 Å².